The third-order valence-electron chi connectivity index (χ3n) is 4.04. The number of rotatable bonds is 9. The van der Waals surface area contributed by atoms with Crippen molar-refractivity contribution in [3.8, 4) is 11.5 Å². The fourth-order valence-corrected chi connectivity index (χ4v) is 2.56. The number of aryl methyl sites for hydroxylation is 1. The molecule has 2 rings (SSSR count). The minimum Gasteiger partial charge on any atom is -0.493 e. The molecule has 1 amide bonds. The quantitative estimate of drug-likeness (QED) is 0.519. The van der Waals surface area contributed by atoms with Gasteiger partial charge in [-0.05, 0) is 36.6 Å². The fraction of sp³-hybridized carbons (Fsp3) is 0.286. The van der Waals surface area contributed by atoms with E-state index >= 15 is 0 Å². The highest BCUT2D eigenvalue weighted by Crippen LogP contribution is 2.27. The molecule has 0 heterocycles. The van der Waals surface area contributed by atoms with E-state index in [0.717, 1.165) is 17.4 Å². The Bertz CT molecular complexity index is 820. The number of benzene rings is 2. The van der Waals surface area contributed by atoms with Gasteiger partial charge in [-0.25, -0.2) is 0 Å². The van der Waals surface area contributed by atoms with E-state index in [9.17, 15) is 13.6 Å². The van der Waals surface area contributed by atoms with Gasteiger partial charge in [-0.1, -0.05) is 35.9 Å². The summed E-state index contributed by atoms with van der Waals surface area (Å²) in [5.41, 5.74) is 2.46. The highest BCUT2D eigenvalue weighted by Gasteiger charge is 2.14. The molecule has 0 aliphatic heterocycles. The van der Waals surface area contributed by atoms with Crippen molar-refractivity contribution in [2.75, 3.05) is 20.8 Å². The van der Waals surface area contributed by atoms with Crippen LogP contribution in [0.5, 0.6) is 11.5 Å². The number of nitrogens with one attached hydrogen (secondary N) is 1. The Morgan fingerprint density at radius 3 is 2.36 bits per heavy atom. The molecule has 5 nitrogen and oxygen atoms in total. The summed E-state index contributed by atoms with van der Waals surface area (Å²) in [6, 6.07) is 12.4. The van der Waals surface area contributed by atoms with E-state index in [1.54, 1.807) is 44.6 Å². The molecule has 0 atom stereocenters. The number of methoxy groups -OCH3 is 2. The molecule has 150 valence electrons. The van der Waals surface area contributed by atoms with Gasteiger partial charge in [-0.3, -0.25) is 4.79 Å². The molecule has 0 saturated heterocycles. The molecule has 2 aromatic rings. The second-order valence-electron chi connectivity index (χ2n) is 5.99. The van der Waals surface area contributed by atoms with Crippen molar-refractivity contribution in [2.24, 2.45) is 0 Å². The summed E-state index contributed by atoms with van der Waals surface area (Å²) in [5, 5.41) is 2.73. The van der Waals surface area contributed by atoms with Crippen molar-refractivity contribution >= 4 is 11.5 Å². The van der Waals surface area contributed by atoms with Gasteiger partial charge in [0.1, 0.15) is 6.26 Å². The van der Waals surface area contributed by atoms with Gasteiger partial charge in [0.2, 0.25) is 0 Å². The average molecular weight is 391 g/mol. The maximum atomic E-state index is 12.5. The molecule has 7 heteroatoms. The summed E-state index contributed by atoms with van der Waals surface area (Å²) in [5.74, 6) is 0.714. The number of ether oxygens (including phenoxy) is 3. The monoisotopic (exact) mass is 391 g/mol. The zero-order chi connectivity index (χ0) is 20.5. The highest BCUT2D eigenvalue weighted by molar-refractivity contribution is 6.19. The Hall–Kier alpha value is -3.09. The lowest BCUT2D eigenvalue weighted by Crippen LogP contribution is -2.27. The van der Waals surface area contributed by atoms with Gasteiger partial charge in [0.25, 0.3) is 5.91 Å². The number of carbonyl (C=O) groups excluding carboxylic acids is 1. The number of alkyl halides is 2. The smallest absolute Gasteiger partial charge is 0.386 e. The third kappa shape index (κ3) is 5.97. The van der Waals surface area contributed by atoms with Crippen LogP contribution in [0.25, 0.3) is 5.57 Å². The zero-order valence-electron chi connectivity index (χ0n) is 16.0. The van der Waals surface area contributed by atoms with Crippen molar-refractivity contribution in [3.05, 3.63) is 65.4 Å². The highest BCUT2D eigenvalue weighted by atomic mass is 19.3. The van der Waals surface area contributed by atoms with Crippen LogP contribution < -0.4 is 14.8 Å². The second-order valence-corrected chi connectivity index (χ2v) is 5.99. The van der Waals surface area contributed by atoms with Crippen LogP contribution >= 0.6 is 0 Å². The lowest BCUT2D eigenvalue weighted by molar-refractivity contribution is -0.116. The molecule has 28 heavy (non-hydrogen) atoms. The van der Waals surface area contributed by atoms with Crippen LogP contribution in [0.4, 0.5) is 8.78 Å². The summed E-state index contributed by atoms with van der Waals surface area (Å²) in [6.07, 6.45) is 1.32. The molecule has 2 aromatic carbocycles. The molecule has 1 N–H and O–H groups in total. The molecule has 0 aliphatic carbocycles. The Morgan fingerprint density at radius 1 is 1.07 bits per heavy atom. The van der Waals surface area contributed by atoms with Crippen LogP contribution in [0.1, 0.15) is 16.7 Å². The molecule has 0 saturated carbocycles. The Balaban J connectivity index is 2.05. The van der Waals surface area contributed by atoms with E-state index in [4.69, 9.17) is 9.47 Å². The third-order valence-corrected chi connectivity index (χ3v) is 4.04. The molecule has 0 aliphatic rings. The van der Waals surface area contributed by atoms with E-state index in [0.29, 0.717) is 30.0 Å². The summed E-state index contributed by atoms with van der Waals surface area (Å²) >= 11 is 0. The number of hydrogen-bond acceptors (Lipinski definition) is 4. The predicted molar refractivity (Wildman–Crippen MR) is 103 cm³/mol. The topological polar surface area (TPSA) is 56.8 Å². The summed E-state index contributed by atoms with van der Waals surface area (Å²) in [7, 11) is 3.10. The average Bonchev–Trinajstić information content (AvgIpc) is 2.69. The zero-order valence-corrected chi connectivity index (χ0v) is 16.0. The number of amides is 1. The van der Waals surface area contributed by atoms with Gasteiger partial charge < -0.3 is 19.5 Å². The first kappa shape index (κ1) is 21.2. The second kappa shape index (κ2) is 10.3. The molecule has 0 radical (unpaired) electrons. The maximum absolute atomic E-state index is 12.5. The molecule has 0 bridgehead atoms. The van der Waals surface area contributed by atoms with E-state index in [2.05, 4.69) is 10.1 Å². The van der Waals surface area contributed by atoms with Crippen molar-refractivity contribution in [2.45, 2.75) is 20.0 Å². The molecular formula is C21H23F2NO4. The lowest BCUT2D eigenvalue weighted by Gasteiger charge is -2.12. The SMILES string of the molecule is COc1ccc(CCNC(=O)/C(=C/OC(F)F)c2ccc(C)cc2)cc1OC. The molecule has 0 unspecified atom stereocenters. The van der Waals surface area contributed by atoms with Crippen molar-refractivity contribution in [1.82, 2.24) is 5.32 Å². The summed E-state index contributed by atoms with van der Waals surface area (Å²) in [4.78, 5) is 12.5. The van der Waals surface area contributed by atoms with Crippen LogP contribution in [0, 0.1) is 6.92 Å². The molecule has 0 fully saturated rings. The summed E-state index contributed by atoms with van der Waals surface area (Å²) in [6.45, 7) is -0.793. The van der Waals surface area contributed by atoms with E-state index in [1.165, 1.54) is 0 Å². The van der Waals surface area contributed by atoms with E-state index in [1.807, 2.05) is 19.1 Å². The van der Waals surface area contributed by atoms with E-state index < -0.39 is 12.5 Å². The van der Waals surface area contributed by atoms with Gasteiger partial charge in [-0.2, -0.15) is 8.78 Å². The van der Waals surface area contributed by atoms with Crippen molar-refractivity contribution in [1.29, 1.82) is 0 Å². The van der Waals surface area contributed by atoms with Gasteiger partial charge >= 0.3 is 6.61 Å². The van der Waals surface area contributed by atoms with Gasteiger partial charge in [-0.15, -0.1) is 0 Å². The van der Waals surface area contributed by atoms with Crippen molar-refractivity contribution in [3.63, 3.8) is 0 Å². The molecule has 0 spiro atoms. The van der Waals surface area contributed by atoms with Crippen LogP contribution in [0.3, 0.4) is 0 Å². The summed E-state index contributed by atoms with van der Waals surface area (Å²) < 4.78 is 39.5. The predicted octanol–water partition coefficient (Wildman–Crippen LogP) is 3.95. The number of hydrogen-bond donors (Lipinski definition) is 1. The van der Waals surface area contributed by atoms with Gasteiger partial charge in [0.15, 0.2) is 11.5 Å². The largest absolute Gasteiger partial charge is 0.493 e. The number of halogens is 2. The standard InChI is InChI=1S/C21H23F2NO4/c1-14-4-7-16(8-5-14)17(13-28-21(22)23)20(25)24-11-10-15-6-9-18(26-2)19(12-15)27-3/h4-9,12-13,21H,10-11H2,1-3H3,(H,24,25)/b17-13+. The maximum Gasteiger partial charge on any atom is 0.386 e. The first-order chi connectivity index (χ1) is 13.4. The van der Waals surface area contributed by atoms with Crippen LogP contribution in [-0.4, -0.2) is 33.3 Å². The fourth-order valence-electron chi connectivity index (χ4n) is 2.56. The van der Waals surface area contributed by atoms with Crippen LogP contribution in [-0.2, 0) is 16.0 Å². The van der Waals surface area contributed by atoms with Crippen LogP contribution in [0.15, 0.2) is 48.7 Å². The lowest BCUT2D eigenvalue weighted by atomic mass is 10.0. The first-order valence-corrected chi connectivity index (χ1v) is 8.64. The molecule has 0 aromatic heterocycles. The van der Waals surface area contributed by atoms with Crippen LogP contribution in [0.2, 0.25) is 0 Å². The van der Waals surface area contributed by atoms with Gasteiger partial charge in [0, 0.05) is 6.54 Å². The minimum atomic E-state index is -3.00. The van der Waals surface area contributed by atoms with E-state index in [-0.39, 0.29) is 5.57 Å². The minimum absolute atomic E-state index is 0.0348. The Kier molecular flexibility index (Phi) is 7.80. The first-order valence-electron chi connectivity index (χ1n) is 8.64. The van der Waals surface area contributed by atoms with Gasteiger partial charge in [0.05, 0.1) is 19.8 Å². The normalized spacial score (nSPS) is 11.3. The van der Waals surface area contributed by atoms with Crippen molar-refractivity contribution < 1.29 is 27.8 Å². The Morgan fingerprint density at radius 2 is 1.75 bits per heavy atom. The number of carbonyl (C=O) groups is 1. The Labute approximate surface area is 162 Å². The molecular weight excluding hydrogens is 368 g/mol.